The van der Waals surface area contributed by atoms with E-state index in [0.717, 1.165) is 23.6 Å². The van der Waals surface area contributed by atoms with Crippen molar-refractivity contribution < 1.29 is 31.2 Å². The summed E-state index contributed by atoms with van der Waals surface area (Å²) >= 11 is 0. The molecule has 0 aromatic heterocycles. The Morgan fingerprint density at radius 1 is 1.06 bits per heavy atom. The number of halogens is 3. The number of sulfonamides is 1. The van der Waals surface area contributed by atoms with Gasteiger partial charge in [0.25, 0.3) is 5.91 Å². The smallest absolute Gasteiger partial charge is 0.323 e. The Kier molecular flexibility index (Phi) is 5.97. The summed E-state index contributed by atoms with van der Waals surface area (Å²) in [7, 11) is -4.37. The van der Waals surface area contributed by atoms with Crippen molar-refractivity contribution in [2.45, 2.75) is 43.0 Å². The number of nitrogens with zero attached hydrogens (tertiary/aromatic N) is 3. The fraction of sp³-hybridized carbons (Fsp3) is 0.600. The van der Waals surface area contributed by atoms with Gasteiger partial charge in [-0.15, -0.1) is 0 Å². The third kappa shape index (κ3) is 3.67. The number of carbonyl (C=O) groups excluding carboxylic acids is 2. The number of piperazine rings is 1. The summed E-state index contributed by atoms with van der Waals surface area (Å²) in [5.41, 5.74) is -0.870. The van der Waals surface area contributed by atoms with Crippen molar-refractivity contribution in [1.82, 2.24) is 19.4 Å². The molecule has 12 heteroatoms. The average Bonchev–Trinajstić information content (AvgIpc) is 2.99. The molecular formula is C20H25F3N4O4S. The molecule has 1 N–H and O–H groups in total. The van der Waals surface area contributed by atoms with Crippen LogP contribution >= 0.6 is 0 Å². The van der Waals surface area contributed by atoms with Crippen molar-refractivity contribution in [3.8, 4) is 0 Å². The van der Waals surface area contributed by atoms with Crippen LogP contribution in [0.1, 0.15) is 32.6 Å². The zero-order valence-electron chi connectivity index (χ0n) is 17.6. The highest BCUT2D eigenvalue weighted by Crippen LogP contribution is 2.38. The molecule has 1 aromatic rings. The van der Waals surface area contributed by atoms with Gasteiger partial charge in [-0.25, -0.2) is 31.3 Å². The number of nitrogens with one attached hydrogen (secondary N) is 1. The molecule has 8 nitrogen and oxygen atoms in total. The zero-order valence-corrected chi connectivity index (χ0v) is 18.4. The third-order valence-electron chi connectivity index (χ3n) is 6.79. The lowest BCUT2D eigenvalue weighted by molar-refractivity contribution is -0.135. The van der Waals surface area contributed by atoms with Crippen LogP contribution in [0.2, 0.25) is 0 Å². The Balaban J connectivity index is 1.42. The minimum absolute atomic E-state index is 0.0204. The highest BCUT2D eigenvalue weighted by Gasteiger charge is 2.55. The largest absolute Gasteiger partial charge is 0.326 e. The second kappa shape index (κ2) is 8.31. The van der Waals surface area contributed by atoms with Crippen molar-refractivity contribution in [3.63, 3.8) is 0 Å². The maximum absolute atomic E-state index is 14.0. The highest BCUT2D eigenvalue weighted by molar-refractivity contribution is 7.89. The molecule has 0 radical (unpaired) electrons. The van der Waals surface area contributed by atoms with Gasteiger partial charge in [0.1, 0.15) is 10.4 Å². The van der Waals surface area contributed by atoms with Crippen molar-refractivity contribution in [3.05, 3.63) is 29.6 Å². The summed E-state index contributed by atoms with van der Waals surface area (Å²) in [6.45, 7) is 2.25. The molecule has 2 saturated heterocycles. The Morgan fingerprint density at radius 3 is 2.41 bits per heavy atom. The van der Waals surface area contributed by atoms with E-state index >= 15 is 0 Å². The first-order valence-electron chi connectivity index (χ1n) is 10.6. The van der Waals surface area contributed by atoms with Crippen LogP contribution in [0.15, 0.2) is 17.0 Å². The van der Waals surface area contributed by atoms with Gasteiger partial charge in [-0.05, 0) is 30.9 Å². The number of hydrogen-bond acceptors (Lipinski definition) is 5. The lowest BCUT2D eigenvalue weighted by atomic mass is 9.73. The van der Waals surface area contributed by atoms with E-state index in [4.69, 9.17) is 0 Å². The second-order valence-electron chi connectivity index (χ2n) is 8.62. The maximum atomic E-state index is 14.0. The van der Waals surface area contributed by atoms with Gasteiger partial charge in [0.05, 0.1) is 6.67 Å². The summed E-state index contributed by atoms with van der Waals surface area (Å²) in [4.78, 5) is 27.6. The first-order chi connectivity index (χ1) is 15.1. The SMILES string of the molecule is C[C@H]1CCCC[C@]12NC(=O)N(CN1CCN(S(=O)(=O)c3ccc(F)c(F)c3F)CC1)C2=O. The Hall–Kier alpha value is -2.18. The van der Waals surface area contributed by atoms with Crippen LogP contribution < -0.4 is 5.32 Å². The molecule has 0 unspecified atom stereocenters. The minimum atomic E-state index is -4.37. The topological polar surface area (TPSA) is 90.0 Å². The number of rotatable bonds is 4. The van der Waals surface area contributed by atoms with Crippen molar-refractivity contribution in [1.29, 1.82) is 0 Å². The van der Waals surface area contributed by atoms with Gasteiger partial charge in [-0.3, -0.25) is 9.69 Å². The molecule has 0 bridgehead atoms. The number of imide groups is 1. The van der Waals surface area contributed by atoms with Crippen LogP contribution in [0.25, 0.3) is 0 Å². The predicted octanol–water partition coefficient (Wildman–Crippen LogP) is 1.87. The fourth-order valence-corrected chi connectivity index (χ4v) is 6.26. The molecule has 1 aliphatic carbocycles. The van der Waals surface area contributed by atoms with Crippen LogP contribution in [0.5, 0.6) is 0 Å². The van der Waals surface area contributed by atoms with E-state index in [0.29, 0.717) is 18.6 Å². The molecular weight excluding hydrogens is 449 g/mol. The monoisotopic (exact) mass is 474 g/mol. The molecule has 4 rings (SSSR count). The van der Waals surface area contributed by atoms with Crippen LogP contribution in [-0.2, 0) is 14.8 Å². The highest BCUT2D eigenvalue weighted by atomic mass is 32.2. The van der Waals surface area contributed by atoms with E-state index in [-0.39, 0.29) is 44.7 Å². The van der Waals surface area contributed by atoms with Gasteiger partial charge >= 0.3 is 6.03 Å². The molecule has 1 saturated carbocycles. The molecule has 3 fully saturated rings. The maximum Gasteiger partial charge on any atom is 0.326 e. The number of urea groups is 1. The lowest BCUT2D eigenvalue weighted by Crippen LogP contribution is -2.55. The normalized spacial score (nSPS) is 27.9. The van der Waals surface area contributed by atoms with E-state index < -0.39 is 43.9 Å². The summed E-state index contributed by atoms with van der Waals surface area (Å²) in [6, 6.07) is 0.817. The molecule has 176 valence electrons. The number of carbonyl (C=O) groups is 2. The summed E-state index contributed by atoms with van der Waals surface area (Å²) in [5, 5.41) is 2.88. The quantitative estimate of drug-likeness (QED) is 0.532. The predicted molar refractivity (Wildman–Crippen MR) is 107 cm³/mol. The average molecular weight is 475 g/mol. The standard InChI is InChI=1S/C20H25F3N4O4S/c1-13-4-2-3-7-20(13)18(28)27(19(29)24-20)12-25-8-10-26(11-9-25)32(30,31)15-6-5-14(21)16(22)17(15)23/h5-6,13H,2-4,7-12H2,1H3,(H,24,29)/t13-,20-/m0/s1. The van der Waals surface area contributed by atoms with Gasteiger partial charge in [0, 0.05) is 26.2 Å². The van der Waals surface area contributed by atoms with Gasteiger partial charge in [0.15, 0.2) is 17.5 Å². The van der Waals surface area contributed by atoms with E-state index in [9.17, 15) is 31.2 Å². The summed E-state index contributed by atoms with van der Waals surface area (Å²) in [6.07, 6.45) is 3.33. The molecule has 1 spiro atoms. The lowest BCUT2D eigenvalue weighted by Gasteiger charge is -2.38. The van der Waals surface area contributed by atoms with E-state index in [2.05, 4.69) is 5.32 Å². The van der Waals surface area contributed by atoms with Gasteiger partial charge < -0.3 is 5.32 Å². The fourth-order valence-electron chi connectivity index (χ4n) is 4.78. The minimum Gasteiger partial charge on any atom is -0.323 e. The van der Waals surface area contributed by atoms with E-state index in [1.54, 1.807) is 4.90 Å². The first-order valence-corrected chi connectivity index (χ1v) is 12.0. The van der Waals surface area contributed by atoms with Crippen molar-refractivity contribution >= 4 is 22.0 Å². The van der Waals surface area contributed by atoms with Crippen molar-refractivity contribution in [2.75, 3.05) is 32.8 Å². The molecule has 2 atom stereocenters. The number of benzene rings is 1. The second-order valence-corrected chi connectivity index (χ2v) is 10.5. The van der Waals surface area contributed by atoms with Crippen LogP contribution in [0.4, 0.5) is 18.0 Å². The van der Waals surface area contributed by atoms with Gasteiger partial charge in [0.2, 0.25) is 10.0 Å². The number of amides is 3. The Morgan fingerprint density at radius 2 is 1.75 bits per heavy atom. The van der Waals surface area contributed by atoms with E-state index in [1.807, 2.05) is 6.92 Å². The molecule has 2 aliphatic heterocycles. The summed E-state index contributed by atoms with van der Waals surface area (Å²) < 4.78 is 67.1. The Labute approximate surface area is 184 Å². The molecule has 2 heterocycles. The Bertz CT molecular complexity index is 1050. The van der Waals surface area contributed by atoms with Gasteiger partial charge in [-0.1, -0.05) is 19.8 Å². The van der Waals surface area contributed by atoms with Crippen LogP contribution in [-0.4, -0.2) is 72.8 Å². The summed E-state index contributed by atoms with van der Waals surface area (Å²) in [5.74, 6) is -5.28. The molecule has 32 heavy (non-hydrogen) atoms. The zero-order chi connectivity index (χ0) is 23.3. The van der Waals surface area contributed by atoms with Crippen LogP contribution in [0, 0.1) is 23.4 Å². The van der Waals surface area contributed by atoms with E-state index in [1.165, 1.54) is 4.90 Å². The number of hydrogen-bond donors (Lipinski definition) is 1. The molecule has 3 aliphatic rings. The third-order valence-corrected chi connectivity index (χ3v) is 8.71. The molecule has 3 amide bonds. The van der Waals surface area contributed by atoms with Gasteiger partial charge in [-0.2, -0.15) is 4.31 Å². The molecule has 1 aromatic carbocycles. The first kappa shape index (κ1) is 23.0. The van der Waals surface area contributed by atoms with Crippen LogP contribution in [0.3, 0.4) is 0 Å². The van der Waals surface area contributed by atoms with Crippen molar-refractivity contribution in [2.24, 2.45) is 5.92 Å².